The van der Waals surface area contributed by atoms with Crippen molar-refractivity contribution in [1.29, 1.82) is 0 Å². The predicted molar refractivity (Wildman–Crippen MR) is 36.6 cm³/mol. The van der Waals surface area contributed by atoms with Gasteiger partial charge in [0.2, 0.25) is 0 Å². The van der Waals surface area contributed by atoms with Gasteiger partial charge in [-0.15, -0.1) is 0 Å². The molecule has 1 unspecified atom stereocenters. The van der Waals surface area contributed by atoms with Crippen LogP contribution in [-0.4, -0.2) is 21.2 Å². The standard InChI is InChI=1S/C5H10N4O/c1-3(6)2-4-7-5(10)9-8-4/h3H,2,6H2,1H3,(H2,7,8,9,10). The minimum atomic E-state index is -0.282. The number of hydrogen-bond donors (Lipinski definition) is 3. The van der Waals surface area contributed by atoms with Crippen LogP contribution in [0.3, 0.4) is 0 Å². The van der Waals surface area contributed by atoms with Crippen molar-refractivity contribution in [2.24, 2.45) is 5.73 Å². The highest BCUT2D eigenvalue weighted by Gasteiger charge is 2.00. The number of rotatable bonds is 2. The van der Waals surface area contributed by atoms with Gasteiger partial charge in [0, 0.05) is 12.5 Å². The topological polar surface area (TPSA) is 87.6 Å². The lowest BCUT2D eigenvalue weighted by molar-refractivity contribution is 0.704. The predicted octanol–water partition coefficient (Wildman–Crippen LogP) is -1.01. The van der Waals surface area contributed by atoms with Crippen molar-refractivity contribution in [2.45, 2.75) is 19.4 Å². The number of nitrogens with zero attached hydrogens (tertiary/aromatic N) is 1. The van der Waals surface area contributed by atoms with Crippen LogP contribution in [0.5, 0.6) is 0 Å². The van der Waals surface area contributed by atoms with Gasteiger partial charge in [0.05, 0.1) is 0 Å². The highest BCUT2D eigenvalue weighted by molar-refractivity contribution is 4.83. The van der Waals surface area contributed by atoms with Gasteiger partial charge in [0.15, 0.2) is 0 Å². The maximum atomic E-state index is 10.5. The largest absolute Gasteiger partial charge is 0.340 e. The molecule has 4 N–H and O–H groups in total. The Morgan fingerprint density at radius 1 is 1.80 bits per heavy atom. The van der Waals surface area contributed by atoms with Crippen LogP contribution in [0, 0.1) is 0 Å². The molecule has 0 amide bonds. The van der Waals surface area contributed by atoms with Crippen molar-refractivity contribution in [3.8, 4) is 0 Å². The zero-order chi connectivity index (χ0) is 7.56. The van der Waals surface area contributed by atoms with Crippen molar-refractivity contribution < 1.29 is 0 Å². The summed E-state index contributed by atoms with van der Waals surface area (Å²) in [6, 6.07) is 0.0268. The van der Waals surface area contributed by atoms with Crippen molar-refractivity contribution >= 4 is 0 Å². The third-order valence-electron chi connectivity index (χ3n) is 1.07. The Bertz CT molecular complexity index is 248. The van der Waals surface area contributed by atoms with E-state index in [1.54, 1.807) is 0 Å². The van der Waals surface area contributed by atoms with E-state index in [2.05, 4.69) is 15.2 Å². The molecule has 10 heavy (non-hydrogen) atoms. The Kier molecular flexibility index (Phi) is 1.86. The molecule has 0 aliphatic rings. The fourth-order valence-electron chi connectivity index (χ4n) is 0.707. The zero-order valence-corrected chi connectivity index (χ0v) is 5.72. The van der Waals surface area contributed by atoms with Gasteiger partial charge in [0.1, 0.15) is 5.82 Å². The van der Waals surface area contributed by atoms with Gasteiger partial charge in [-0.05, 0) is 6.92 Å². The van der Waals surface area contributed by atoms with Crippen LogP contribution < -0.4 is 11.4 Å². The van der Waals surface area contributed by atoms with Crippen LogP contribution >= 0.6 is 0 Å². The molecule has 0 saturated carbocycles. The summed E-state index contributed by atoms with van der Waals surface area (Å²) in [6.45, 7) is 1.85. The van der Waals surface area contributed by atoms with Gasteiger partial charge in [-0.3, -0.25) is 4.98 Å². The van der Waals surface area contributed by atoms with Gasteiger partial charge in [-0.25, -0.2) is 9.89 Å². The monoisotopic (exact) mass is 142 g/mol. The van der Waals surface area contributed by atoms with E-state index in [9.17, 15) is 4.79 Å². The smallest absolute Gasteiger partial charge is 0.328 e. The third-order valence-corrected chi connectivity index (χ3v) is 1.07. The van der Waals surface area contributed by atoms with E-state index in [0.717, 1.165) is 0 Å². The van der Waals surface area contributed by atoms with Gasteiger partial charge in [-0.1, -0.05) is 0 Å². The molecule has 1 heterocycles. The van der Waals surface area contributed by atoms with E-state index in [4.69, 9.17) is 5.73 Å². The minimum absolute atomic E-state index is 0.0268. The lowest BCUT2D eigenvalue weighted by atomic mass is 10.2. The summed E-state index contributed by atoms with van der Waals surface area (Å²) in [6.07, 6.45) is 0.596. The summed E-state index contributed by atoms with van der Waals surface area (Å²) in [5.74, 6) is 0.611. The zero-order valence-electron chi connectivity index (χ0n) is 5.72. The number of aromatic nitrogens is 3. The molecule has 1 rings (SSSR count). The number of hydrogen-bond acceptors (Lipinski definition) is 3. The Morgan fingerprint density at radius 2 is 2.50 bits per heavy atom. The molecule has 0 aromatic carbocycles. The average Bonchev–Trinajstić information content (AvgIpc) is 2.13. The van der Waals surface area contributed by atoms with Gasteiger partial charge >= 0.3 is 5.69 Å². The Hall–Kier alpha value is -1.10. The second kappa shape index (κ2) is 2.66. The molecular weight excluding hydrogens is 132 g/mol. The molecule has 0 fully saturated rings. The number of aromatic amines is 2. The molecule has 1 aromatic heterocycles. The van der Waals surface area contributed by atoms with E-state index in [0.29, 0.717) is 12.2 Å². The van der Waals surface area contributed by atoms with Crippen LogP contribution in [0.2, 0.25) is 0 Å². The number of nitrogens with two attached hydrogens (primary N) is 1. The van der Waals surface area contributed by atoms with E-state index < -0.39 is 0 Å². The molecule has 0 spiro atoms. The van der Waals surface area contributed by atoms with Crippen LogP contribution in [0.25, 0.3) is 0 Å². The Balaban J connectivity index is 2.67. The molecule has 5 nitrogen and oxygen atoms in total. The summed E-state index contributed by atoms with van der Waals surface area (Å²) in [5.41, 5.74) is 5.18. The summed E-state index contributed by atoms with van der Waals surface area (Å²) < 4.78 is 0. The molecular formula is C5H10N4O. The highest BCUT2D eigenvalue weighted by atomic mass is 16.1. The third kappa shape index (κ3) is 1.70. The molecule has 5 heteroatoms. The molecule has 0 aliphatic carbocycles. The SMILES string of the molecule is CC(N)Cc1n[nH]c(=O)[nH]1. The molecule has 0 radical (unpaired) electrons. The summed E-state index contributed by atoms with van der Waals surface area (Å²) in [7, 11) is 0. The Labute approximate surface area is 57.6 Å². The molecule has 1 atom stereocenters. The van der Waals surface area contributed by atoms with E-state index >= 15 is 0 Å². The lowest BCUT2D eigenvalue weighted by Crippen LogP contribution is -2.18. The van der Waals surface area contributed by atoms with Crippen molar-refractivity contribution in [1.82, 2.24) is 15.2 Å². The first kappa shape index (κ1) is 7.01. The van der Waals surface area contributed by atoms with E-state index in [-0.39, 0.29) is 11.7 Å². The maximum Gasteiger partial charge on any atom is 0.340 e. The minimum Gasteiger partial charge on any atom is -0.328 e. The highest BCUT2D eigenvalue weighted by Crippen LogP contribution is 1.87. The summed E-state index contributed by atoms with van der Waals surface area (Å²) in [5, 5.41) is 5.94. The van der Waals surface area contributed by atoms with Crippen LogP contribution in [0.1, 0.15) is 12.7 Å². The van der Waals surface area contributed by atoms with Gasteiger partial charge < -0.3 is 5.73 Å². The molecule has 56 valence electrons. The number of H-pyrrole nitrogens is 2. The maximum absolute atomic E-state index is 10.5. The van der Waals surface area contributed by atoms with Crippen molar-refractivity contribution in [2.75, 3.05) is 0 Å². The summed E-state index contributed by atoms with van der Waals surface area (Å²) in [4.78, 5) is 13.0. The summed E-state index contributed by atoms with van der Waals surface area (Å²) >= 11 is 0. The fourth-order valence-corrected chi connectivity index (χ4v) is 0.707. The molecule has 0 aliphatic heterocycles. The Morgan fingerprint density at radius 3 is 2.90 bits per heavy atom. The van der Waals surface area contributed by atoms with Crippen LogP contribution in [-0.2, 0) is 6.42 Å². The second-order valence-corrected chi connectivity index (χ2v) is 2.31. The first-order valence-electron chi connectivity index (χ1n) is 3.07. The van der Waals surface area contributed by atoms with Crippen LogP contribution in [0.4, 0.5) is 0 Å². The molecule has 0 saturated heterocycles. The first-order chi connectivity index (χ1) is 4.68. The van der Waals surface area contributed by atoms with E-state index in [1.165, 1.54) is 0 Å². The van der Waals surface area contributed by atoms with Crippen molar-refractivity contribution in [3.63, 3.8) is 0 Å². The second-order valence-electron chi connectivity index (χ2n) is 2.31. The quantitative estimate of drug-likeness (QED) is 0.494. The van der Waals surface area contributed by atoms with Crippen LogP contribution in [0.15, 0.2) is 4.79 Å². The van der Waals surface area contributed by atoms with Gasteiger partial charge in [-0.2, -0.15) is 5.10 Å². The lowest BCUT2D eigenvalue weighted by Gasteiger charge is -1.97. The van der Waals surface area contributed by atoms with E-state index in [1.807, 2.05) is 6.92 Å². The average molecular weight is 142 g/mol. The fraction of sp³-hybridized carbons (Fsp3) is 0.600. The number of nitrogens with one attached hydrogen (secondary N) is 2. The van der Waals surface area contributed by atoms with Gasteiger partial charge in [0.25, 0.3) is 0 Å². The molecule has 1 aromatic rings. The first-order valence-corrected chi connectivity index (χ1v) is 3.07. The normalized spacial score (nSPS) is 13.4. The molecule has 0 bridgehead atoms. The van der Waals surface area contributed by atoms with Crippen molar-refractivity contribution in [3.05, 3.63) is 16.3 Å².